The van der Waals surface area contributed by atoms with Crippen LogP contribution in [-0.2, 0) is 11.2 Å². The van der Waals surface area contributed by atoms with Gasteiger partial charge in [0, 0.05) is 12.7 Å². The molecule has 168 valence electrons. The smallest absolute Gasteiger partial charge is 0.290 e. The summed E-state index contributed by atoms with van der Waals surface area (Å²) in [4.78, 5) is 32.1. The molecule has 0 spiro atoms. The minimum Gasteiger partial charge on any atom is -0.354 e. The van der Waals surface area contributed by atoms with E-state index in [9.17, 15) is 9.59 Å². The van der Waals surface area contributed by atoms with Crippen molar-refractivity contribution >= 4 is 34.9 Å². The topological polar surface area (TPSA) is 96.0 Å². The summed E-state index contributed by atoms with van der Waals surface area (Å²) >= 11 is 0.892. The van der Waals surface area contributed by atoms with Gasteiger partial charge >= 0.3 is 0 Å². The van der Waals surface area contributed by atoms with Crippen molar-refractivity contribution in [3.05, 3.63) is 58.8 Å². The zero-order valence-corrected chi connectivity index (χ0v) is 18.9. The molecule has 1 saturated heterocycles. The van der Waals surface area contributed by atoms with Gasteiger partial charge in [-0.3, -0.25) is 14.9 Å². The third-order valence-corrected chi connectivity index (χ3v) is 6.79. The summed E-state index contributed by atoms with van der Waals surface area (Å²) in [6.07, 6.45) is 9.28. The Morgan fingerprint density at radius 2 is 1.78 bits per heavy atom. The number of benzene rings is 1. The fourth-order valence-electron chi connectivity index (χ4n) is 4.15. The molecule has 1 aromatic heterocycles. The molecule has 0 bridgehead atoms. The van der Waals surface area contributed by atoms with Crippen LogP contribution >= 0.6 is 11.8 Å². The van der Waals surface area contributed by atoms with Gasteiger partial charge in [-0.05, 0) is 86.5 Å². The van der Waals surface area contributed by atoms with E-state index in [-0.39, 0.29) is 11.1 Å². The molecule has 8 heteroatoms. The molecule has 0 unspecified atom stereocenters. The molecule has 0 atom stereocenters. The summed E-state index contributed by atoms with van der Waals surface area (Å²) in [6, 6.07) is 12.3. The third kappa shape index (κ3) is 6.64. The van der Waals surface area contributed by atoms with Gasteiger partial charge in [0.15, 0.2) is 0 Å². The average Bonchev–Trinajstić information content (AvgIpc) is 3.13. The standard InChI is InChI=1S/C24H29N5O2S/c30-22-21(32-24(31)29-22)14-20-11-13-26-23(28-20)27-16-19-8-6-18(7-9-19)15-25-12-10-17-4-2-1-3-5-17/h1-5,11,13-14,18-19,25H,6-10,12,15-16H2,(H,26,27,28)(H,29,30,31)/t18-,19-. The molecule has 2 heterocycles. The zero-order chi connectivity index (χ0) is 22.2. The fourth-order valence-corrected chi connectivity index (χ4v) is 4.82. The van der Waals surface area contributed by atoms with Crippen LogP contribution in [0.15, 0.2) is 47.5 Å². The van der Waals surface area contributed by atoms with Crippen LogP contribution in [0.1, 0.15) is 36.9 Å². The Kier molecular flexibility index (Phi) is 7.90. The summed E-state index contributed by atoms with van der Waals surface area (Å²) in [5.74, 6) is 1.55. The van der Waals surface area contributed by atoms with Gasteiger partial charge in [-0.15, -0.1) is 0 Å². The summed E-state index contributed by atoms with van der Waals surface area (Å²) in [7, 11) is 0. The first-order chi connectivity index (χ1) is 15.7. The maximum Gasteiger partial charge on any atom is 0.290 e. The molecule has 1 aromatic carbocycles. The lowest BCUT2D eigenvalue weighted by Gasteiger charge is -2.28. The first kappa shape index (κ1) is 22.5. The summed E-state index contributed by atoms with van der Waals surface area (Å²) < 4.78 is 0. The number of nitrogens with one attached hydrogen (secondary N) is 3. The van der Waals surface area contributed by atoms with Gasteiger partial charge in [-0.25, -0.2) is 9.97 Å². The van der Waals surface area contributed by atoms with Crippen LogP contribution in [0.3, 0.4) is 0 Å². The monoisotopic (exact) mass is 451 g/mol. The van der Waals surface area contributed by atoms with E-state index in [2.05, 4.69) is 56.3 Å². The van der Waals surface area contributed by atoms with E-state index in [0.717, 1.165) is 43.7 Å². The highest BCUT2D eigenvalue weighted by atomic mass is 32.2. The van der Waals surface area contributed by atoms with Crippen molar-refractivity contribution in [2.45, 2.75) is 32.1 Å². The van der Waals surface area contributed by atoms with Gasteiger partial charge in [-0.1, -0.05) is 30.3 Å². The van der Waals surface area contributed by atoms with E-state index in [1.54, 1.807) is 18.3 Å². The zero-order valence-electron chi connectivity index (χ0n) is 18.0. The molecule has 0 radical (unpaired) electrons. The highest BCUT2D eigenvalue weighted by Gasteiger charge is 2.25. The Morgan fingerprint density at radius 1 is 1.03 bits per heavy atom. The molecule has 32 heavy (non-hydrogen) atoms. The lowest BCUT2D eigenvalue weighted by molar-refractivity contribution is -0.115. The molecular weight excluding hydrogens is 422 g/mol. The second kappa shape index (κ2) is 11.2. The molecule has 3 N–H and O–H groups in total. The van der Waals surface area contributed by atoms with E-state index >= 15 is 0 Å². The maximum absolute atomic E-state index is 11.7. The summed E-state index contributed by atoms with van der Waals surface area (Å²) in [5.41, 5.74) is 2.00. The maximum atomic E-state index is 11.7. The van der Waals surface area contributed by atoms with Crippen molar-refractivity contribution in [2.75, 3.05) is 25.0 Å². The highest BCUT2D eigenvalue weighted by Crippen LogP contribution is 2.29. The number of carbonyl (C=O) groups excluding carboxylic acids is 2. The van der Waals surface area contributed by atoms with Crippen molar-refractivity contribution in [1.82, 2.24) is 20.6 Å². The number of amides is 2. The molecule has 2 aromatic rings. The van der Waals surface area contributed by atoms with E-state index in [1.807, 2.05) is 0 Å². The molecule has 4 rings (SSSR count). The van der Waals surface area contributed by atoms with Gasteiger partial charge in [-0.2, -0.15) is 0 Å². The van der Waals surface area contributed by atoms with Gasteiger partial charge in [0.25, 0.3) is 11.1 Å². The van der Waals surface area contributed by atoms with Crippen molar-refractivity contribution in [3.63, 3.8) is 0 Å². The van der Waals surface area contributed by atoms with Crippen LogP contribution in [0.2, 0.25) is 0 Å². The number of hydrogen-bond acceptors (Lipinski definition) is 7. The van der Waals surface area contributed by atoms with Gasteiger partial charge in [0.2, 0.25) is 5.95 Å². The molecular formula is C24H29N5O2S. The number of nitrogens with zero attached hydrogens (tertiary/aromatic N) is 2. The molecule has 2 fully saturated rings. The van der Waals surface area contributed by atoms with Crippen LogP contribution in [0.4, 0.5) is 10.7 Å². The number of hydrogen-bond donors (Lipinski definition) is 3. The van der Waals surface area contributed by atoms with E-state index in [4.69, 9.17) is 0 Å². The SMILES string of the molecule is O=C1NC(=O)C(=Cc2ccnc(NC[C@H]3CC[C@H](CNCCc4ccccc4)CC3)n2)S1. The predicted octanol–water partition coefficient (Wildman–Crippen LogP) is 3.85. The third-order valence-electron chi connectivity index (χ3n) is 5.98. The van der Waals surface area contributed by atoms with Gasteiger partial charge in [0.1, 0.15) is 0 Å². The fraction of sp³-hybridized carbons (Fsp3) is 0.417. The van der Waals surface area contributed by atoms with Crippen molar-refractivity contribution in [3.8, 4) is 0 Å². The predicted molar refractivity (Wildman–Crippen MR) is 128 cm³/mol. The average molecular weight is 452 g/mol. The van der Waals surface area contributed by atoms with Crippen LogP contribution < -0.4 is 16.0 Å². The lowest BCUT2D eigenvalue weighted by atomic mass is 9.82. The largest absolute Gasteiger partial charge is 0.354 e. The lowest BCUT2D eigenvalue weighted by Crippen LogP contribution is -2.29. The van der Waals surface area contributed by atoms with Crippen molar-refractivity contribution in [1.29, 1.82) is 0 Å². The van der Waals surface area contributed by atoms with Crippen LogP contribution in [0.5, 0.6) is 0 Å². The number of aromatic nitrogens is 2. The molecule has 2 amide bonds. The number of thioether (sulfide) groups is 1. The molecule has 7 nitrogen and oxygen atoms in total. The number of imide groups is 1. The Bertz CT molecular complexity index is 958. The quantitative estimate of drug-likeness (QED) is 0.394. The first-order valence-corrected chi connectivity index (χ1v) is 12.0. The molecule has 1 aliphatic heterocycles. The van der Waals surface area contributed by atoms with Crippen LogP contribution in [0.25, 0.3) is 6.08 Å². The Balaban J connectivity index is 1.16. The Hall–Kier alpha value is -2.71. The second-order valence-electron chi connectivity index (χ2n) is 8.36. The normalized spacial score (nSPS) is 22.2. The molecule has 2 aliphatic rings. The molecule has 1 aliphatic carbocycles. The van der Waals surface area contributed by atoms with E-state index in [0.29, 0.717) is 22.5 Å². The van der Waals surface area contributed by atoms with Crippen molar-refractivity contribution in [2.24, 2.45) is 11.8 Å². The van der Waals surface area contributed by atoms with Crippen molar-refractivity contribution < 1.29 is 9.59 Å². The summed E-state index contributed by atoms with van der Waals surface area (Å²) in [5, 5.41) is 8.87. The van der Waals surface area contributed by atoms with Crippen LogP contribution in [-0.4, -0.2) is 40.7 Å². The first-order valence-electron chi connectivity index (χ1n) is 11.2. The number of rotatable bonds is 9. The Labute approximate surface area is 192 Å². The minimum atomic E-state index is -0.376. The number of carbonyl (C=O) groups is 2. The highest BCUT2D eigenvalue weighted by molar-refractivity contribution is 8.18. The Morgan fingerprint density at radius 3 is 2.50 bits per heavy atom. The van der Waals surface area contributed by atoms with E-state index in [1.165, 1.54) is 31.2 Å². The second-order valence-corrected chi connectivity index (χ2v) is 9.38. The molecule has 1 saturated carbocycles. The minimum absolute atomic E-state index is 0.351. The number of anilines is 1. The summed E-state index contributed by atoms with van der Waals surface area (Å²) in [6.45, 7) is 2.98. The van der Waals surface area contributed by atoms with Gasteiger partial charge < -0.3 is 10.6 Å². The van der Waals surface area contributed by atoms with Crippen LogP contribution in [0, 0.1) is 11.8 Å². The van der Waals surface area contributed by atoms with Gasteiger partial charge in [0.05, 0.1) is 10.6 Å². The van der Waals surface area contributed by atoms with E-state index < -0.39 is 0 Å².